The lowest BCUT2D eigenvalue weighted by molar-refractivity contribution is 1.07. The third-order valence-electron chi connectivity index (χ3n) is 2.71. The molecule has 0 saturated heterocycles. The highest BCUT2D eigenvalue weighted by Gasteiger charge is 2.12. The summed E-state index contributed by atoms with van der Waals surface area (Å²) in [6.45, 7) is 2.06. The van der Waals surface area contributed by atoms with Crippen LogP contribution in [-0.4, -0.2) is 14.4 Å². The molecule has 17 heavy (non-hydrogen) atoms. The van der Waals surface area contributed by atoms with E-state index in [0.717, 1.165) is 27.3 Å². The van der Waals surface area contributed by atoms with E-state index in [1.807, 2.05) is 30.3 Å². The highest BCUT2D eigenvalue weighted by Crippen LogP contribution is 2.25. The zero-order valence-corrected chi connectivity index (χ0v) is 10.8. The van der Waals surface area contributed by atoms with Crippen molar-refractivity contribution in [3.05, 3.63) is 52.9 Å². The van der Waals surface area contributed by atoms with E-state index in [1.54, 1.807) is 6.20 Å². The molecule has 3 heterocycles. The summed E-state index contributed by atoms with van der Waals surface area (Å²) < 4.78 is 2.95. The summed E-state index contributed by atoms with van der Waals surface area (Å²) in [6, 6.07) is 12.0. The van der Waals surface area contributed by atoms with E-state index in [0.29, 0.717) is 0 Å². The second kappa shape index (κ2) is 3.96. The summed E-state index contributed by atoms with van der Waals surface area (Å²) in [4.78, 5) is 8.89. The standard InChI is InChI=1S/C13H10BrN3/c1-9-5-4-7-11-12(14)16-13(17(9)11)10-6-2-3-8-15-10/h2-8H,1H3. The maximum absolute atomic E-state index is 4.54. The molecule has 0 saturated carbocycles. The van der Waals surface area contributed by atoms with Crippen molar-refractivity contribution in [1.82, 2.24) is 14.4 Å². The first kappa shape index (κ1) is 10.5. The maximum Gasteiger partial charge on any atom is 0.164 e. The van der Waals surface area contributed by atoms with E-state index in [-0.39, 0.29) is 0 Å². The highest BCUT2D eigenvalue weighted by atomic mass is 79.9. The second-order valence-electron chi connectivity index (χ2n) is 3.83. The molecule has 0 aliphatic carbocycles. The Morgan fingerprint density at radius 2 is 2.00 bits per heavy atom. The topological polar surface area (TPSA) is 30.2 Å². The first-order chi connectivity index (χ1) is 8.27. The van der Waals surface area contributed by atoms with Crippen LogP contribution < -0.4 is 0 Å². The van der Waals surface area contributed by atoms with Gasteiger partial charge in [-0.1, -0.05) is 12.1 Å². The van der Waals surface area contributed by atoms with E-state index in [2.05, 4.69) is 43.3 Å². The van der Waals surface area contributed by atoms with Gasteiger partial charge >= 0.3 is 0 Å². The zero-order chi connectivity index (χ0) is 11.8. The van der Waals surface area contributed by atoms with Crippen LogP contribution in [0.3, 0.4) is 0 Å². The molecule has 3 rings (SSSR count). The summed E-state index contributed by atoms with van der Waals surface area (Å²) in [5.74, 6) is 0.866. The molecule has 0 amide bonds. The van der Waals surface area contributed by atoms with Crippen molar-refractivity contribution in [2.75, 3.05) is 0 Å². The third kappa shape index (κ3) is 1.65. The molecule has 0 radical (unpaired) electrons. The summed E-state index contributed by atoms with van der Waals surface area (Å²) >= 11 is 3.49. The van der Waals surface area contributed by atoms with Crippen LogP contribution in [0.25, 0.3) is 17.0 Å². The molecule has 3 nitrogen and oxygen atoms in total. The van der Waals surface area contributed by atoms with Crippen LogP contribution in [0.5, 0.6) is 0 Å². The Kier molecular flexibility index (Phi) is 2.44. The molecule has 0 fully saturated rings. The largest absolute Gasteiger partial charge is 0.295 e. The van der Waals surface area contributed by atoms with Crippen molar-refractivity contribution in [1.29, 1.82) is 0 Å². The number of nitrogens with zero attached hydrogens (tertiary/aromatic N) is 3. The number of aryl methyl sites for hydroxylation is 1. The molecule has 4 heteroatoms. The second-order valence-corrected chi connectivity index (χ2v) is 4.58. The predicted octanol–water partition coefficient (Wildman–Crippen LogP) is 3.47. The molecule has 0 aromatic carbocycles. The fraction of sp³-hybridized carbons (Fsp3) is 0.0769. The molecular formula is C13H10BrN3. The van der Waals surface area contributed by atoms with Gasteiger partial charge in [0, 0.05) is 11.9 Å². The Labute approximate surface area is 107 Å². The summed E-state index contributed by atoms with van der Waals surface area (Å²) in [6.07, 6.45) is 1.78. The smallest absolute Gasteiger partial charge is 0.164 e. The van der Waals surface area contributed by atoms with E-state index in [4.69, 9.17) is 0 Å². The van der Waals surface area contributed by atoms with Gasteiger partial charge in [0.25, 0.3) is 0 Å². The van der Waals surface area contributed by atoms with Gasteiger partial charge in [0.15, 0.2) is 5.82 Å². The Bertz CT molecular complexity index is 674. The molecule has 0 spiro atoms. The fourth-order valence-electron chi connectivity index (χ4n) is 1.93. The number of imidazole rings is 1. The number of hydrogen-bond acceptors (Lipinski definition) is 2. The number of aromatic nitrogens is 3. The van der Waals surface area contributed by atoms with E-state index < -0.39 is 0 Å². The van der Waals surface area contributed by atoms with Crippen LogP contribution in [0.15, 0.2) is 47.2 Å². The van der Waals surface area contributed by atoms with Gasteiger partial charge in [-0.05, 0) is 47.1 Å². The normalized spacial score (nSPS) is 10.9. The number of fused-ring (bicyclic) bond motifs is 1. The van der Waals surface area contributed by atoms with Crippen LogP contribution in [0.1, 0.15) is 5.69 Å². The molecule has 3 aromatic rings. The van der Waals surface area contributed by atoms with Crippen molar-refractivity contribution < 1.29 is 0 Å². The Morgan fingerprint density at radius 1 is 1.12 bits per heavy atom. The molecule has 0 N–H and O–H groups in total. The van der Waals surface area contributed by atoms with Crippen LogP contribution >= 0.6 is 15.9 Å². The lowest BCUT2D eigenvalue weighted by atomic mass is 10.3. The number of pyridine rings is 2. The van der Waals surface area contributed by atoms with Crippen LogP contribution in [0, 0.1) is 6.92 Å². The number of halogens is 1. The zero-order valence-electron chi connectivity index (χ0n) is 9.26. The SMILES string of the molecule is Cc1cccc2c(Br)nc(-c3ccccn3)n12. The van der Waals surface area contributed by atoms with E-state index >= 15 is 0 Å². The van der Waals surface area contributed by atoms with Crippen molar-refractivity contribution in [2.45, 2.75) is 6.92 Å². The van der Waals surface area contributed by atoms with E-state index in [1.165, 1.54) is 0 Å². The maximum atomic E-state index is 4.54. The average Bonchev–Trinajstić information content (AvgIpc) is 2.70. The molecule has 0 aliphatic rings. The summed E-state index contributed by atoms with van der Waals surface area (Å²) in [5.41, 5.74) is 3.08. The van der Waals surface area contributed by atoms with Crippen molar-refractivity contribution in [2.24, 2.45) is 0 Å². The van der Waals surface area contributed by atoms with Crippen LogP contribution in [0.2, 0.25) is 0 Å². The van der Waals surface area contributed by atoms with Crippen LogP contribution in [0.4, 0.5) is 0 Å². The lowest BCUT2D eigenvalue weighted by Crippen LogP contribution is -1.94. The third-order valence-corrected chi connectivity index (χ3v) is 3.29. The number of rotatable bonds is 1. The Morgan fingerprint density at radius 3 is 2.76 bits per heavy atom. The quantitative estimate of drug-likeness (QED) is 0.686. The summed E-state index contributed by atoms with van der Waals surface area (Å²) in [5, 5.41) is 0. The van der Waals surface area contributed by atoms with E-state index in [9.17, 15) is 0 Å². The minimum atomic E-state index is 0.849. The molecule has 0 aliphatic heterocycles. The lowest BCUT2D eigenvalue weighted by Gasteiger charge is -2.03. The van der Waals surface area contributed by atoms with Crippen molar-refractivity contribution in [3.8, 4) is 11.5 Å². The van der Waals surface area contributed by atoms with Gasteiger partial charge < -0.3 is 0 Å². The highest BCUT2D eigenvalue weighted by molar-refractivity contribution is 9.10. The molecular weight excluding hydrogens is 278 g/mol. The van der Waals surface area contributed by atoms with Gasteiger partial charge in [-0.25, -0.2) is 4.98 Å². The molecule has 0 bridgehead atoms. The Balaban J connectivity index is 2.38. The molecule has 84 valence electrons. The Hall–Kier alpha value is -1.68. The van der Waals surface area contributed by atoms with Gasteiger partial charge in [-0.3, -0.25) is 9.38 Å². The molecule has 0 atom stereocenters. The number of hydrogen-bond donors (Lipinski definition) is 0. The molecule has 0 unspecified atom stereocenters. The predicted molar refractivity (Wildman–Crippen MR) is 70.9 cm³/mol. The van der Waals surface area contributed by atoms with Gasteiger partial charge in [-0.2, -0.15) is 0 Å². The summed E-state index contributed by atoms with van der Waals surface area (Å²) in [7, 11) is 0. The minimum absolute atomic E-state index is 0.849. The van der Waals surface area contributed by atoms with Crippen LogP contribution in [-0.2, 0) is 0 Å². The van der Waals surface area contributed by atoms with Gasteiger partial charge in [0.2, 0.25) is 0 Å². The van der Waals surface area contributed by atoms with Gasteiger partial charge in [0.05, 0.1) is 5.52 Å². The first-order valence-electron chi connectivity index (χ1n) is 5.32. The monoisotopic (exact) mass is 287 g/mol. The fourth-order valence-corrected chi connectivity index (χ4v) is 2.40. The van der Waals surface area contributed by atoms with Crippen molar-refractivity contribution >= 4 is 21.4 Å². The van der Waals surface area contributed by atoms with Gasteiger partial charge in [0.1, 0.15) is 10.3 Å². The average molecular weight is 288 g/mol. The minimum Gasteiger partial charge on any atom is -0.295 e. The molecule has 3 aromatic heterocycles. The van der Waals surface area contributed by atoms with Gasteiger partial charge in [-0.15, -0.1) is 0 Å². The first-order valence-corrected chi connectivity index (χ1v) is 6.11. The van der Waals surface area contributed by atoms with Crippen molar-refractivity contribution in [3.63, 3.8) is 0 Å².